The number of anilines is 3. The Morgan fingerprint density at radius 2 is 1.70 bits per heavy atom. The number of likely N-dealkylation sites (tertiary alicyclic amines) is 1. The molecule has 11 heteroatoms. The fourth-order valence-corrected chi connectivity index (χ4v) is 4.80. The Balaban J connectivity index is 1.12. The summed E-state index contributed by atoms with van der Waals surface area (Å²) in [5.41, 5.74) is 0.908. The van der Waals surface area contributed by atoms with Crippen molar-refractivity contribution in [3.63, 3.8) is 0 Å². The van der Waals surface area contributed by atoms with Crippen LogP contribution in [0.25, 0.3) is 11.6 Å². The Hall–Kier alpha value is -4.54. The zero-order valence-corrected chi connectivity index (χ0v) is 20.5. The Bertz CT molecular complexity index is 1390. The van der Waals surface area contributed by atoms with Gasteiger partial charge >= 0.3 is 11.8 Å². The molecule has 11 nitrogen and oxygen atoms in total. The van der Waals surface area contributed by atoms with Crippen LogP contribution in [0.1, 0.15) is 10.7 Å². The summed E-state index contributed by atoms with van der Waals surface area (Å²) in [7, 11) is 3.57. The lowest BCUT2D eigenvalue weighted by molar-refractivity contribution is 0.0712. The molecule has 2 aliphatic rings. The van der Waals surface area contributed by atoms with E-state index in [1.807, 2.05) is 72.6 Å². The third-order valence-corrected chi connectivity index (χ3v) is 6.94. The number of aromatic nitrogens is 5. The van der Waals surface area contributed by atoms with E-state index in [1.165, 1.54) is 0 Å². The van der Waals surface area contributed by atoms with Gasteiger partial charge in [0.25, 0.3) is 0 Å². The smallest absolute Gasteiger partial charge is 0.316 e. The summed E-state index contributed by atoms with van der Waals surface area (Å²) in [5, 5.41) is 6.92. The van der Waals surface area contributed by atoms with E-state index < -0.39 is 0 Å². The predicted molar refractivity (Wildman–Crippen MR) is 135 cm³/mol. The number of benzene rings is 2. The average Bonchev–Trinajstić information content (AvgIpc) is 3.30. The molecule has 1 aliphatic carbocycles. The summed E-state index contributed by atoms with van der Waals surface area (Å²) in [5.74, 6) is 2.96. The first kappa shape index (κ1) is 22.9. The predicted octanol–water partition coefficient (Wildman–Crippen LogP) is 3.13. The minimum Gasteiger partial charge on any atom is -0.493 e. The van der Waals surface area contributed by atoms with E-state index in [0.29, 0.717) is 49.3 Å². The lowest BCUT2D eigenvalue weighted by Crippen LogP contribution is -2.32. The van der Waals surface area contributed by atoms with Crippen molar-refractivity contribution >= 4 is 23.5 Å². The van der Waals surface area contributed by atoms with Gasteiger partial charge in [0.15, 0.2) is 0 Å². The SMILES string of the molecule is CNc1nc(-c2noc(C(=O)N3CC4C(COc5ccccc5)C4C3)n2)nc(N(C)c2ccccc2)n1. The first-order valence-electron chi connectivity index (χ1n) is 12.1. The maximum absolute atomic E-state index is 13.1. The molecular weight excluding hydrogens is 472 g/mol. The maximum Gasteiger partial charge on any atom is 0.316 e. The Morgan fingerprint density at radius 3 is 2.41 bits per heavy atom. The molecule has 2 aromatic heterocycles. The van der Waals surface area contributed by atoms with Crippen LogP contribution in [0.15, 0.2) is 65.2 Å². The van der Waals surface area contributed by atoms with Gasteiger partial charge in [0, 0.05) is 38.8 Å². The van der Waals surface area contributed by atoms with Gasteiger partial charge < -0.3 is 24.4 Å². The van der Waals surface area contributed by atoms with Gasteiger partial charge in [-0.1, -0.05) is 41.6 Å². The van der Waals surface area contributed by atoms with Crippen LogP contribution in [-0.2, 0) is 0 Å². The second-order valence-corrected chi connectivity index (χ2v) is 9.18. The van der Waals surface area contributed by atoms with E-state index in [2.05, 4.69) is 30.4 Å². The van der Waals surface area contributed by atoms with Crippen molar-refractivity contribution < 1.29 is 14.1 Å². The minimum atomic E-state index is -0.279. The molecule has 2 unspecified atom stereocenters. The van der Waals surface area contributed by atoms with Crippen molar-refractivity contribution in [3.05, 3.63) is 66.6 Å². The number of para-hydroxylation sites is 2. The number of piperidine rings is 1. The highest BCUT2D eigenvalue weighted by Gasteiger charge is 2.57. The van der Waals surface area contributed by atoms with Crippen LogP contribution < -0.4 is 15.0 Å². The fourth-order valence-electron chi connectivity index (χ4n) is 4.80. The Kier molecular flexibility index (Phi) is 5.87. The first-order chi connectivity index (χ1) is 18.1. The molecule has 188 valence electrons. The highest BCUT2D eigenvalue weighted by Crippen LogP contribution is 2.52. The number of nitrogens with zero attached hydrogens (tertiary/aromatic N) is 7. The summed E-state index contributed by atoms with van der Waals surface area (Å²) in [6.07, 6.45) is 0. The van der Waals surface area contributed by atoms with Gasteiger partial charge in [-0.15, -0.1) is 0 Å². The third-order valence-electron chi connectivity index (χ3n) is 6.94. The number of hydrogen-bond donors (Lipinski definition) is 1. The summed E-state index contributed by atoms with van der Waals surface area (Å²) in [6.45, 7) is 1.98. The molecule has 1 saturated heterocycles. The molecular formula is C26H26N8O3. The number of fused-ring (bicyclic) bond motifs is 1. The largest absolute Gasteiger partial charge is 0.493 e. The lowest BCUT2D eigenvalue weighted by Gasteiger charge is -2.18. The standard InChI is InChI=1S/C26H26N8O3/c1-27-25-29-21(30-26(31-25)33(2)16-9-5-3-6-10-16)22-28-23(37-32-22)24(35)34-13-18-19(14-34)20(18)15-36-17-11-7-4-8-12-17/h3-12,18-20H,13-15H2,1-2H3,(H,27,29,30,31). The van der Waals surface area contributed by atoms with Crippen molar-refractivity contribution in [3.8, 4) is 17.4 Å². The van der Waals surface area contributed by atoms with Crippen LogP contribution in [0.2, 0.25) is 0 Å². The van der Waals surface area contributed by atoms with Crippen LogP contribution in [0.4, 0.5) is 17.6 Å². The number of carbonyl (C=O) groups excluding carboxylic acids is 1. The van der Waals surface area contributed by atoms with E-state index in [0.717, 1.165) is 11.4 Å². The summed E-state index contributed by atoms with van der Waals surface area (Å²) in [4.78, 5) is 34.3. The van der Waals surface area contributed by atoms with E-state index in [-0.39, 0.29) is 23.4 Å². The van der Waals surface area contributed by atoms with Crippen molar-refractivity contribution in [2.75, 3.05) is 44.0 Å². The second kappa shape index (κ2) is 9.49. The summed E-state index contributed by atoms with van der Waals surface area (Å²) >= 11 is 0. The summed E-state index contributed by atoms with van der Waals surface area (Å²) in [6, 6.07) is 19.5. The van der Waals surface area contributed by atoms with Gasteiger partial charge in [0.1, 0.15) is 5.75 Å². The molecule has 1 amide bonds. The summed E-state index contributed by atoms with van der Waals surface area (Å²) < 4.78 is 11.2. The van der Waals surface area contributed by atoms with Crippen molar-refractivity contribution in [2.45, 2.75) is 0 Å². The van der Waals surface area contributed by atoms with Crippen molar-refractivity contribution in [2.24, 2.45) is 17.8 Å². The van der Waals surface area contributed by atoms with E-state index in [1.54, 1.807) is 11.9 Å². The molecule has 0 spiro atoms. The molecule has 2 atom stereocenters. The average molecular weight is 499 g/mol. The Morgan fingerprint density at radius 1 is 1.00 bits per heavy atom. The van der Waals surface area contributed by atoms with Crippen LogP contribution >= 0.6 is 0 Å². The maximum atomic E-state index is 13.1. The van der Waals surface area contributed by atoms with E-state index in [4.69, 9.17) is 9.26 Å². The van der Waals surface area contributed by atoms with Gasteiger partial charge in [0.2, 0.25) is 23.5 Å². The monoisotopic (exact) mass is 498 g/mol. The Labute approximate surface area is 213 Å². The molecule has 2 fully saturated rings. The topological polar surface area (TPSA) is 122 Å². The van der Waals surface area contributed by atoms with Crippen molar-refractivity contribution in [1.29, 1.82) is 0 Å². The number of nitrogens with one attached hydrogen (secondary N) is 1. The van der Waals surface area contributed by atoms with E-state index in [9.17, 15) is 4.79 Å². The first-order valence-corrected chi connectivity index (χ1v) is 12.1. The van der Waals surface area contributed by atoms with Gasteiger partial charge in [-0.25, -0.2) is 0 Å². The minimum absolute atomic E-state index is 0.0715. The normalized spacial score (nSPS) is 19.8. The number of rotatable bonds is 8. The highest BCUT2D eigenvalue weighted by molar-refractivity contribution is 5.90. The van der Waals surface area contributed by atoms with Gasteiger partial charge in [-0.05, 0) is 36.1 Å². The molecule has 37 heavy (non-hydrogen) atoms. The van der Waals surface area contributed by atoms with E-state index >= 15 is 0 Å². The molecule has 0 radical (unpaired) electrons. The van der Waals surface area contributed by atoms with Gasteiger partial charge in [0.05, 0.1) is 6.61 Å². The second-order valence-electron chi connectivity index (χ2n) is 9.18. The van der Waals surface area contributed by atoms with Gasteiger partial charge in [-0.3, -0.25) is 4.79 Å². The molecule has 4 aromatic rings. The van der Waals surface area contributed by atoms with Crippen LogP contribution in [0.3, 0.4) is 0 Å². The molecule has 1 saturated carbocycles. The fraction of sp³-hybridized carbons (Fsp3) is 0.308. The van der Waals surface area contributed by atoms with Crippen LogP contribution in [0.5, 0.6) is 5.75 Å². The number of carbonyl (C=O) groups is 1. The molecule has 3 heterocycles. The number of ether oxygens (including phenoxy) is 1. The lowest BCUT2D eigenvalue weighted by atomic mass is 10.2. The highest BCUT2D eigenvalue weighted by atomic mass is 16.5. The quantitative estimate of drug-likeness (QED) is 0.388. The third kappa shape index (κ3) is 4.55. The van der Waals surface area contributed by atoms with Crippen LogP contribution in [0, 0.1) is 17.8 Å². The molecule has 1 N–H and O–H groups in total. The zero-order valence-electron chi connectivity index (χ0n) is 20.5. The van der Waals surface area contributed by atoms with Crippen molar-refractivity contribution in [1.82, 2.24) is 30.0 Å². The number of amides is 1. The number of hydrogen-bond acceptors (Lipinski definition) is 10. The van der Waals surface area contributed by atoms with Crippen LogP contribution in [-0.4, -0.2) is 69.7 Å². The van der Waals surface area contributed by atoms with Gasteiger partial charge in [-0.2, -0.15) is 19.9 Å². The molecule has 2 aromatic carbocycles. The molecule has 0 bridgehead atoms. The molecule has 6 rings (SSSR count). The zero-order chi connectivity index (χ0) is 25.4. The molecule has 1 aliphatic heterocycles.